The molecule has 1 unspecified atom stereocenters. The van der Waals surface area contributed by atoms with E-state index in [1.165, 1.54) is 7.11 Å². The molecule has 1 N–H and O–H groups in total. The van der Waals surface area contributed by atoms with Crippen molar-refractivity contribution in [1.82, 2.24) is 4.98 Å². The lowest BCUT2D eigenvalue weighted by Crippen LogP contribution is -2.08. The summed E-state index contributed by atoms with van der Waals surface area (Å²) in [4.78, 5) is 26.8. The number of nitrogens with zero attached hydrogens (tertiary/aromatic N) is 1. The number of allylic oxidation sites excluding steroid dienone is 4. The third kappa shape index (κ3) is 5.06. The van der Waals surface area contributed by atoms with E-state index in [0.717, 1.165) is 5.69 Å². The van der Waals surface area contributed by atoms with Gasteiger partial charge >= 0.3 is 5.97 Å². The Balaban J connectivity index is 2.01. The number of hydrogen-bond donors (Lipinski definition) is 1. The summed E-state index contributed by atoms with van der Waals surface area (Å²) in [5.74, 6) is 2.25. The smallest absolute Gasteiger partial charge is 0.305 e. The highest BCUT2D eigenvalue weighted by Crippen LogP contribution is 2.25. The van der Waals surface area contributed by atoms with Crippen molar-refractivity contribution in [2.45, 2.75) is 25.7 Å². The number of esters is 1. The summed E-state index contributed by atoms with van der Waals surface area (Å²) in [6.07, 6.45) is 7.22. The average Bonchev–Trinajstić information content (AvgIpc) is 2.65. The van der Waals surface area contributed by atoms with Gasteiger partial charge in [0.05, 0.1) is 26.3 Å². The van der Waals surface area contributed by atoms with E-state index in [9.17, 15) is 14.7 Å². The van der Waals surface area contributed by atoms with E-state index in [-0.39, 0.29) is 24.1 Å². The summed E-state index contributed by atoms with van der Waals surface area (Å²) in [6, 6.07) is 3.31. The third-order valence-electron chi connectivity index (χ3n) is 4.06. The van der Waals surface area contributed by atoms with Crippen LogP contribution in [0.2, 0.25) is 0 Å². The van der Waals surface area contributed by atoms with Gasteiger partial charge in [0.1, 0.15) is 17.5 Å². The Labute approximate surface area is 146 Å². The zero-order chi connectivity index (χ0) is 18.2. The molecule has 1 aliphatic rings. The number of aromatic nitrogens is 1. The second kappa shape index (κ2) is 8.85. The Hall–Kier alpha value is -2.85. The molecule has 132 valence electrons. The third-order valence-corrected chi connectivity index (χ3v) is 4.06. The van der Waals surface area contributed by atoms with Gasteiger partial charge in [0.2, 0.25) is 0 Å². The molecule has 6 nitrogen and oxygen atoms in total. The van der Waals surface area contributed by atoms with E-state index in [0.29, 0.717) is 36.3 Å². The van der Waals surface area contributed by atoms with Crippen molar-refractivity contribution in [2.75, 3.05) is 14.2 Å². The molecule has 0 saturated heterocycles. The lowest BCUT2D eigenvalue weighted by atomic mass is 9.90. The van der Waals surface area contributed by atoms with Crippen LogP contribution in [0, 0.1) is 5.92 Å². The lowest BCUT2D eigenvalue weighted by Gasteiger charge is -2.16. The molecular weight excluding hydrogens is 322 g/mol. The van der Waals surface area contributed by atoms with Gasteiger partial charge < -0.3 is 14.6 Å². The molecule has 1 aromatic heterocycles. The van der Waals surface area contributed by atoms with Crippen molar-refractivity contribution >= 4 is 11.9 Å². The van der Waals surface area contributed by atoms with Crippen molar-refractivity contribution in [2.24, 2.45) is 5.92 Å². The topological polar surface area (TPSA) is 85.7 Å². The first-order valence-electron chi connectivity index (χ1n) is 8.00. The SMILES string of the molecule is COC(=O)CCc1nc(CCC2C=CC(OC)=CC2=C=O)ccc1O. The summed E-state index contributed by atoms with van der Waals surface area (Å²) < 4.78 is 9.72. The molecule has 2 rings (SSSR count). The predicted molar refractivity (Wildman–Crippen MR) is 91.5 cm³/mol. The fourth-order valence-electron chi connectivity index (χ4n) is 2.60. The number of methoxy groups -OCH3 is 2. The Morgan fingerprint density at radius 1 is 1.32 bits per heavy atom. The Kier molecular flexibility index (Phi) is 6.54. The van der Waals surface area contributed by atoms with Crippen LogP contribution < -0.4 is 0 Å². The Bertz CT molecular complexity index is 744. The predicted octanol–water partition coefficient (Wildman–Crippen LogP) is 2.30. The summed E-state index contributed by atoms with van der Waals surface area (Å²) in [5, 5.41) is 9.87. The summed E-state index contributed by atoms with van der Waals surface area (Å²) >= 11 is 0. The van der Waals surface area contributed by atoms with Gasteiger partial charge in [0.25, 0.3) is 0 Å². The number of carbonyl (C=O) groups excluding carboxylic acids is 2. The van der Waals surface area contributed by atoms with Gasteiger partial charge in [0.15, 0.2) is 0 Å². The molecule has 0 fully saturated rings. The molecular formula is C19H21NO5. The maximum absolute atomic E-state index is 11.2. The molecule has 1 heterocycles. The number of rotatable bonds is 7. The summed E-state index contributed by atoms with van der Waals surface area (Å²) in [6.45, 7) is 0. The minimum atomic E-state index is -0.347. The van der Waals surface area contributed by atoms with E-state index in [4.69, 9.17) is 4.74 Å². The molecule has 0 bridgehead atoms. The van der Waals surface area contributed by atoms with Crippen LogP contribution in [-0.4, -0.2) is 36.2 Å². The number of aromatic hydroxyl groups is 1. The number of carbonyl (C=O) groups is 1. The van der Waals surface area contributed by atoms with Crippen LogP contribution in [0.5, 0.6) is 5.75 Å². The molecule has 0 aliphatic heterocycles. The first-order valence-corrected chi connectivity index (χ1v) is 8.00. The Morgan fingerprint density at radius 2 is 2.12 bits per heavy atom. The molecule has 0 aromatic carbocycles. The molecule has 1 aromatic rings. The zero-order valence-electron chi connectivity index (χ0n) is 14.3. The van der Waals surface area contributed by atoms with E-state index in [1.54, 1.807) is 25.3 Å². The number of pyridine rings is 1. The van der Waals surface area contributed by atoms with E-state index >= 15 is 0 Å². The standard InChI is InChI=1S/C19H21NO5/c1-24-16-7-4-13(14(11-16)12-21)3-5-15-6-9-18(22)17(20-15)8-10-19(23)25-2/h4,6-7,9,11,13,22H,3,5,8,10H2,1-2H3. The second-order valence-electron chi connectivity index (χ2n) is 5.66. The van der Waals surface area contributed by atoms with Crippen LogP contribution in [0.1, 0.15) is 24.2 Å². The van der Waals surface area contributed by atoms with Gasteiger partial charge in [-0.2, -0.15) is 0 Å². The molecule has 0 radical (unpaired) electrons. The van der Waals surface area contributed by atoms with Gasteiger partial charge in [-0.1, -0.05) is 6.08 Å². The van der Waals surface area contributed by atoms with Gasteiger partial charge in [-0.25, -0.2) is 4.79 Å². The van der Waals surface area contributed by atoms with E-state index in [2.05, 4.69) is 9.72 Å². The van der Waals surface area contributed by atoms with Crippen LogP contribution >= 0.6 is 0 Å². The quantitative estimate of drug-likeness (QED) is 0.604. The van der Waals surface area contributed by atoms with Crippen molar-refractivity contribution in [3.05, 3.63) is 53.1 Å². The largest absolute Gasteiger partial charge is 0.506 e. The molecule has 0 amide bonds. The number of ether oxygens (including phenoxy) is 2. The maximum atomic E-state index is 11.2. The normalized spacial score (nSPS) is 16.2. The summed E-state index contributed by atoms with van der Waals surface area (Å²) in [5.41, 5.74) is 1.80. The number of aryl methyl sites for hydroxylation is 2. The van der Waals surface area contributed by atoms with Crippen LogP contribution in [0.15, 0.2) is 41.7 Å². The van der Waals surface area contributed by atoms with E-state index in [1.807, 2.05) is 18.1 Å². The van der Waals surface area contributed by atoms with Crippen LogP contribution in [0.4, 0.5) is 0 Å². The highest BCUT2D eigenvalue weighted by Gasteiger charge is 2.17. The second-order valence-corrected chi connectivity index (χ2v) is 5.66. The van der Waals surface area contributed by atoms with E-state index < -0.39 is 0 Å². The van der Waals surface area contributed by atoms with Gasteiger partial charge in [0, 0.05) is 23.6 Å². The van der Waals surface area contributed by atoms with Gasteiger partial charge in [-0.15, -0.1) is 0 Å². The lowest BCUT2D eigenvalue weighted by molar-refractivity contribution is -0.140. The first-order chi connectivity index (χ1) is 12.1. The fraction of sp³-hybridized carbons (Fsp3) is 0.368. The first kappa shape index (κ1) is 18.5. The fourth-order valence-corrected chi connectivity index (χ4v) is 2.60. The molecule has 1 atom stereocenters. The van der Waals surface area contributed by atoms with Crippen LogP contribution in [0.3, 0.4) is 0 Å². The molecule has 0 spiro atoms. The molecule has 25 heavy (non-hydrogen) atoms. The molecule has 1 aliphatic carbocycles. The summed E-state index contributed by atoms with van der Waals surface area (Å²) in [7, 11) is 2.88. The van der Waals surface area contributed by atoms with Gasteiger partial charge in [-0.3, -0.25) is 9.78 Å². The minimum Gasteiger partial charge on any atom is -0.506 e. The van der Waals surface area contributed by atoms with Crippen LogP contribution in [-0.2, 0) is 31.9 Å². The van der Waals surface area contributed by atoms with Crippen molar-refractivity contribution < 1.29 is 24.2 Å². The monoisotopic (exact) mass is 343 g/mol. The highest BCUT2D eigenvalue weighted by atomic mass is 16.5. The molecule has 6 heteroatoms. The maximum Gasteiger partial charge on any atom is 0.305 e. The Morgan fingerprint density at radius 3 is 2.80 bits per heavy atom. The number of hydrogen-bond acceptors (Lipinski definition) is 6. The van der Waals surface area contributed by atoms with Crippen LogP contribution in [0.25, 0.3) is 0 Å². The molecule has 0 saturated carbocycles. The van der Waals surface area contributed by atoms with Crippen molar-refractivity contribution in [1.29, 1.82) is 0 Å². The zero-order valence-corrected chi connectivity index (χ0v) is 14.3. The average molecular weight is 343 g/mol. The highest BCUT2D eigenvalue weighted by molar-refractivity contribution is 5.69. The van der Waals surface area contributed by atoms with Crippen molar-refractivity contribution in [3.63, 3.8) is 0 Å². The van der Waals surface area contributed by atoms with Crippen molar-refractivity contribution in [3.8, 4) is 5.75 Å². The minimum absolute atomic E-state index is 0.0504. The van der Waals surface area contributed by atoms with Gasteiger partial charge in [-0.05, 0) is 37.1 Å².